The summed E-state index contributed by atoms with van der Waals surface area (Å²) in [5.74, 6) is -0.130. The van der Waals surface area contributed by atoms with Crippen LogP contribution in [0, 0.1) is 20.8 Å². The first kappa shape index (κ1) is 23.8. The van der Waals surface area contributed by atoms with Crippen LogP contribution in [0.25, 0.3) is 0 Å². The zero-order chi connectivity index (χ0) is 24.5. The van der Waals surface area contributed by atoms with Crippen LogP contribution < -0.4 is 14.4 Å². The Morgan fingerprint density at radius 3 is 2.38 bits per heavy atom. The number of rotatable bonds is 6. The minimum absolute atomic E-state index is 0.0867. The van der Waals surface area contributed by atoms with Gasteiger partial charge in [-0.3, -0.25) is 9.10 Å². The highest BCUT2D eigenvalue weighted by molar-refractivity contribution is 7.92. The average molecular weight is 479 g/mol. The summed E-state index contributed by atoms with van der Waals surface area (Å²) in [6.45, 7) is 7.97. The molecule has 7 heteroatoms. The third-order valence-electron chi connectivity index (χ3n) is 6.26. The van der Waals surface area contributed by atoms with Gasteiger partial charge >= 0.3 is 0 Å². The maximum atomic E-state index is 13.4. The number of hydrogen-bond donors (Lipinski definition) is 1. The molecule has 3 aromatic rings. The summed E-state index contributed by atoms with van der Waals surface area (Å²) in [6, 6.07) is 19.9. The Bertz CT molecular complexity index is 1310. The molecule has 0 aromatic heterocycles. The van der Waals surface area contributed by atoms with Gasteiger partial charge < -0.3 is 10.1 Å². The van der Waals surface area contributed by atoms with Gasteiger partial charge in [-0.15, -0.1) is 0 Å². The van der Waals surface area contributed by atoms with Gasteiger partial charge in [-0.05, 0) is 67.6 Å². The predicted octanol–water partition coefficient (Wildman–Crippen LogP) is 4.59. The minimum atomic E-state index is -3.74. The molecule has 178 valence electrons. The van der Waals surface area contributed by atoms with Crippen LogP contribution in [0.4, 0.5) is 5.69 Å². The van der Waals surface area contributed by atoms with Gasteiger partial charge in [0.15, 0.2) is 6.10 Å². The predicted molar refractivity (Wildman–Crippen MR) is 134 cm³/mol. The summed E-state index contributed by atoms with van der Waals surface area (Å²) in [6.07, 6.45) is -0.963. The number of fused-ring (bicyclic) bond motifs is 1. The second-order valence-corrected chi connectivity index (χ2v) is 10.8. The van der Waals surface area contributed by atoms with Crippen molar-refractivity contribution in [2.45, 2.75) is 45.6 Å². The first-order valence-electron chi connectivity index (χ1n) is 11.3. The molecule has 1 aliphatic rings. The molecule has 1 heterocycles. The van der Waals surface area contributed by atoms with Gasteiger partial charge in [-0.25, -0.2) is 8.42 Å². The molecule has 1 amide bonds. The molecule has 6 nitrogen and oxygen atoms in total. The SMILES string of the molecule is Cc1cc(C)c(C(C)NC(=O)C2CN(S(=O)(=O)Cc3ccccc3)c3ccccc3O2)cc1C. The zero-order valence-corrected chi connectivity index (χ0v) is 20.7. The van der Waals surface area contributed by atoms with Gasteiger partial charge in [0.2, 0.25) is 10.0 Å². The minimum Gasteiger partial charge on any atom is -0.476 e. The third kappa shape index (κ3) is 4.94. The van der Waals surface area contributed by atoms with Gasteiger partial charge in [-0.1, -0.05) is 54.6 Å². The van der Waals surface area contributed by atoms with Gasteiger partial charge in [0.05, 0.1) is 24.0 Å². The molecule has 4 rings (SSSR count). The summed E-state index contributed by atoms with van der Waals surface area (Å²) in [5, 5.41) is 3.02. The number of hydrogen-bond acceptors (Lipinski definition) is 4. The Morgan fingerprint density at radius 2 is 1.65 bits per heavy atom. The summed E-state index contributed by atoms with van der Waals surface area (Å²) < 4.78 is 34.0. The van der Waals surface area contributed by atoms with Gasteiger partial charge in [-0.2, -0.15) is 0 Å². The molecule has 0 spiro atoms. The maximum Gasteiger partial charge on any atom is 0.263 e. The van der Waals surface area contributed by atoms with Crippen LogP contribution >= 0.6 is 0 Å². The maximum absolute atomic E-state index is 13.4. The second kappa shape index (κ2) is 9.50. The van der Waals surface area contributed by atoms with Crippen molar-refractivity contribution in [1.82, 2.24) is 5.32 Å². The zero-order valence-electron chi connectivity index (χ0n) is 19.9. The van der Waals surface area contributed by atoms with Gasteiger partial charge in [0.25, 0.3) is 5.91 Å². The molecule has 3 aromatic carbocycles. The molecule has 2 atom stereocenters. The second-order valence-electron chi connectivity index (χ2n) is 8.87. The first-order valence-corrected chi connectivity index (χ1v) is 12.9. The summed E-state index contributed by atoms with van der Waals surface area (Å²) in [4.78, 5) is 13.2. The number of ether oxygens (including phenoxy) is 1. The normalized spacial score (nSPS) is 16.4. The topological polar surface area (TPSA) is 75.7 Å². The number of carbonyl (C=O) groups excluding carboxylic acids is 1. The number of nitrogens with zero attached hydrogens (tertiary/aromatic N) is 1. The van der Waals surface area contributed by atoms with Crippen LogP contribution in [0.2, 0.25) is 0 Å². The molecule has 0 saturated carbocycles. The molecule has 0 saturated heterocycles. The quantitative estimate of drug-likeness (QED) is 0.562. The molecule has 34 heavy (non-hydrogen) atoms. The Hall–Kier alpha value is -3.32. The Morgan fingerprint density at radius 1 is 1.00 bits per heavy atom. The lowest BCUT2D eigenvalue weighted by Gasteiger charge is -2.35. The lowest BCUT2D eigenvalue weighted by Crippen LogP contribution is -2.51. The lowest BCUT2D eigenvalue weighted by atomic mass is 9.96. The van der Waals surface area contributed by atoms with E-state index in [0.29, 0.717) is 17.0 Å². The van der Waals surface area contributed by atoms with Crippen molar-refractivity contribution in [3.05, 3.63) is 94.5 Å². The van der Waals surface area contributed by atoms with Crippen molar-refractivity contribution in [3.8, 4) is 5.75 Å². The van der Waals surface area contributed by atoms with Crippen LogP contribution in [0.5, 0.6) is 5.75 Å². The first-order chi connectivity index (χ1) is 16.2. The molecule has 0 radical (unpaired) electrons. The lowest BCUT2D eigenvalue weighted by molar-refractivity contribution is -0.128. The molecule has 1 N–H and O–H groups in total. The van der Waals surface area contributed by atoms with Crippen LogP contribution in [-0.4, -0.2) is 27.0 Å². The molecule has 0 bridgehead atoms. The van der Waals surface area contributed by atoms with E-state index < -0.39 is 16.1 Å². The fourth-order valence-corrected chi connectivity index (χ4v) is 5.88. The van der Waals surface area contributed by atoms with E-state index in [1.807, 2.05) is 39.0 Å². The number of carbonyl (C=O) groups is 1. The van der Waals surface area contributed by atoms with Crippen LogP contribution in [0.15, 0.2) is 66.7 Å². The number of amides is 1. The largest absolute Gasteiger partial charge is 0.476 e. The molecular weight excluding hydrogens is 448 g/mol. The fraction of sp³-hybridized carbons (Fsp3) is 0.296. The van der Waals surface area contributed by atoms with Crippen molar-refractivity contribution in [3.63, 3.8) is 0 Å². The Balaban J connectivity index is 1.58. The monoisotopic (exact) mass is 478 g/mol. The number of sulfonamides is 1. The molecular formula is C27H30N2O4S. The summed E-state index contributed by atoms with van der Waals surface area (Å²) >= 11 is 0. The highest BCUT2D eigenvalue weighted by Crippen LogP contribution is 2.36. The van der Waals surface area contributed by atoms with Crippen molar-refractivity contribution in [1.29, 1.82) is 0 Å². The number of benzene rings is 3. The summed E-state index contributed by atoms with van der Waals surface area (Å²) in [5.41, 5.74) is 5.61. The molecule has 0 aliphatic carbocycles. The van der Waals surface area contributed by atoms with E-state index in [1.54, 1.807) is 36.4 Å². The van der Waals surface area contributed by atoms with Crippen LogP contribution in [0.3, 0.4) is 0 Å². The van der Waals surface area contributed by atoms with E-state index in [4.69, 9.17) is 4.74 Å². The van der Waals surface area contributed by atoms with Crippen molar-refractivity contribution in [2.75, 3.05) is 10.8 Å². The van der Waals surface area contributed by atoms with Crippen LogP contribution in [0.1, 0.15) is 40.8 Å². The number of nitrogens with one attached hydrogen (secondary N) is 1. The number of anilines is 1. The average Bonchev–Trinajstić information content (AvgIpc) is 2.80. The smallest absolute Gasteiger partial charge is 0.263 e. The molecule has 1 aliphatic heterocycles. The number of aryl methyl sites for hydroxylation is 3. The standard InChI is InChI=1S/C27H30N2O4S/c1-18-14-20(3)23(15-19(18)2)21(4)28-27(30)26-16-29(24-12-8-9-13-25(24)33-26)34(31,32)17-22-10-6-5-7-11-22/h5-15,21,26H,16-17H2,1-4H3,(H,28,30). The van der Waals surface area contributed by atoms with Crippen molar-refractivity contribution >= 4 is 21.6 Å². The highest BCUT2D eigenvalue weighted by Gasteiger charge is 2.37. The summed E-state index contributed by atoms with van der Waals surface area (Å²) in [7, 11) is -3.74. The van der Waals surface area contributed by atoms with Crippen molar-refractivity contribution in [2.24, 2.45) is 0 Å². The van der Waals surface area contributed by atoms with E-state index in [1.165, 1.54) is 9.87 Å². The Kier molecular flexibility index (Phi) is 6.66. The van der Waals surface area contributed by atoms with Crippen LogP contribution in [-0.2, 0) is 20.6 Å². The van der Waals surface area contributed by atoms with E-state index in [-0.39, 0.29) is 24.2 Å². The van der Waals surface area contributed by atoms with Gasteiger partial charge in [0, 0.05) is 0 Å². The molecule has 2 unspecified atom stereocenters. The van der Waals surface area contributed by atoms with Crippen molar-refractivity contribution < 1.29 is 17.9 Å². The fourth-order valence-electron chi connectivity index (χ4n) is 4.30. The molecule has 0 fully saturated rings. The Labute approximate surface area is 201 Å². The number of para-hydroxylation sites is 2. The third-order valence-corrected chi connectivity index (χ3v) is 7.98. The van der Waals surface area contributed by atoms with E-state index >= 15 is 0 Å². The van der Waals surface area contributed by atoms with E-state index in [9.17, 15) is 13.2 Å². The van der Waals surface area contributed by atoms with E-state index in [0.717, 1.165) is 16.7 Å². The van der Waals surface area contributed by atoms with Gasteiger partial charge in [0.1, 0.15) is 5.75 Å². The highest BCUT2D eigenvalue weighted by atomic mass is 32.2. The van der Waals surface area contributed by atoms with E-state index in [2.05, 4.69) is 24.4 Å².